The molecule has 2 rings (SSSR count). The summed E-state index contributed by atoms with van der Waals surface area (Å²) in [6.07, 6.45) is 4.35. The zero-order chi connectivity index (χ0) is 13.7. The van der Waals surface area contributed by atoms with Gasteiger partial charge in [0.05, 0.1) is 12.7 Å². The van der Waals surface area contributed by atoms with Crippen LogP contribution in [0.25, 0.3) is 0 Å². The third-order valence-electron chi connectivity index (χ3n) is 3.66. The Morgan fingerprint density at radius 1 is 1.26 bits per heavy atom. The molecule has 0 aromatic heterocycles. The molecule has 2 atom stereocenters. The normalized spacial score (nSPS) is 27.5. The van der Waals surface area contributed by atoms with Crippen molar-refractivity contribution in [3.05, 3.63) is 0 Å². The summed E-state index contributed by atoms with van der Waals surface area (Å²) in [5.74, 6) is -1.16. The average molecular weight is 271 g/mol. The molecule has 1 amide bonds. The van der Waals surface area contributed by atoms with Gasteiger partial charge in [-0.25, -0.2) is 4.79 Å². The molecule has 2 aliphatic rings. The molecule has 0 bridgehead atoms. The Balaban J connectivity index is 1.75. The number of carbonyl (C=O) groups excluding carboxylic acids is 1. The lowest BCUT2D eigenvalue weighted by Gasteiger charge is -2.32. The molecule has 6 heteroatoms. The number of ether oxygens (including phenoxy) is 2. The molecule has 108 valence electrons. The fourth-order valence-corrected chi connectivity index (χ4v) is 2.62. The molecular formula is C13H21NO5. The minimum absolute atomic E-state index is 0.0519. The van der Waals surface area contributed by atoms with Crippen molar-refractivity contribution >= 4 is 11.9 Å². The minimum atomic E-state index is -0.924. The van der Waals surface area contributed by atoms with Gasteiger partial charge in [-0.05, 0) is 32.1 Å². The second-order valence-electron chi connectivity index (χ2n) is 5.09. The quantitative estimate of drug-likeness (QED) is 0.794. The van der Waals surface area contributed by atoms with E-state index in [1.54, 1.807) is 0 Å². The van der Waals surface area contributed by atoms with Crippen LogP contribution in [0, 0.1) is 0 Å². The standard InChI is InChI=1S/C13H21NO5/c15-12(9-18-8-10-4-3-7-19-10)14-6-2-1-5-11(14)13(16)17/h10-11H,1-9H2,(H,16,17)/t10-,11-/m0/s1. The number of aliphatic carboxylic acids is 1. The van der Waals surface area contributed by atoms with Gasteiger partial charge in [-0.2, -0.15) is 0 Å². The van der Waals surface area contributed by atoms with Crippen LogP contribution >= 0.6 is 0 Å². The summed E-state index contributed by atoms with van der Waals surface area (Å²) in [7, 11) is 0. The van der Waals surface area contributed by atoms with Crippen LogP contribution in [0.4, 0.5) is 0 Å². The number of carboxylic acids is 1. The molecule has 0 unspecified atom stereocenters. The highest BCUT2D eigenvalue weighted by Crippen LogP contribution is 2.17. The van der Waals surface area contributed by atoms with E-state index in [2.05, 4.69) is 0 Å². The van der Waals surface area contributed by atoms with Crippen LogP contribution in [0.5, 0.6) is 0 Å². The maximum Gasteiger partial charge on any atom is 0.326 e. The highest BCUT2D eigenvalue weighted by Gasteiger charge is 2.31. The zero-order valence-corrected chi connectivity index (χ0v) is 11.0. The Bertz CT molecular complexity index is 327. The number of nitrogens with zero attached hydrogens (tertiary/aromatic N) is 1. The van der Waals surface area contributed by atoms with Crippen LogP contribution in [0.3, 0.4) is 0 Å². The van der Waals surface area contributed by atoms with Crippen molar-refractivity contribution < 1.29 is 24.2 Å². The van der Waals surface area contributed by atoms with Crippen molar-refractivity contribution in [2.24, 2.45) is 0 Å². The molecule has 2 heterocycles. The second-order valence-corrected chi connectivity index (χ2v) is 5.09. The van der Waals surface area contributed by atoms with Crippen molar-refractivity contribution in [3.63, 3.8) is 0 Å². The first kappa shape index (κ1) is 14.3. The molecule has 19 heavy (non-hydrogen) atoms. The number of carbonyl (C=O) groups is 2. The second kappa shape index (κ2) is 6.86. The van der Waals surface area contributed by atoms with E-state index >= 15 is 0 Å². The summed E-state index contributed by atoms with van der Waals surface area (Å²) in [5.41, 5.74) is 0. The lowest BCUT2D eigenvalue weighted by Crippen LogP contribution is -2.49. The number of piperidine rings is 1. The first-order valence-electron chi connectivity index (χ1n) is 6.90. The van der Waals surface area contributed by atoms with E-state index in [4.69, 9.17) is 14.6 Å². The van der Waals surface area contributed by atoms with Gasteiger partial charge < -0.3 is 19.5 Å². The molecule has 0 spiro atoms. The lowest BCUT2D eigenvalue weighted by atomic mass is 10.0. The number of hydrogen-bond acceptors (Lipinski definition) is 4. The molecule has 0 aromatic carbocycles. The molecule has 0 saturated carbocycles. The SMILES string of the molecule is O=C(O)[C@@H]1CCCCN1C(=O)COC[C@@H]1CCCO1. The first-order chi connectivity index (χ1) is 9.18. The van der Waals surface area contributed by atoms with Gasteiger partial charge in [0, 0.05) is 13.2 Å². The molecule has 2 saturated heterocycles. The van der Waals surface area contributed by atoms with E-state index in [1.807, 2.05) is 0 Å². The number of hydrogen-bond donors (Lipinski definition) is 1. The summed E-state index contributed by atoms with van der Waals surface area (Å²) >= 11 is 0. The fraction of sp³-hybridized carbons (Fsp3) is 0.846. The van der Waals surface area contributed by atoms with E-state index in [0.29, 0.717) is 19.6 Å². The Labute approximate surface area is 112 Å². The van der Waals surface area contributed by atoms with E-state index in [9.17, 15) is 9.59 Å². The average Bonchev–Trinajstić information content (AvgIpc) is 2.91. The van der Waals surface area contributed by atoms with Crippen LogP contribution < -0.4 is 0 Å². The number of amides is 1. The monoisotopic (exact) mass is 271 g/mol. The summed E-state index contributed by atoms with van der Waals surface area (Å²) in [6, 6.07) is -0.687. The molecule has 0 aliphatic carbocycles. The smallest absolute Gasteiger partial charge is 0.326 e. The van der Waals surface area contributed by atoms with Crippen molar-refractivity contribution in [2.45, 2.75) is 44.2 Å². The van der Waals surface area contributed by atoms with E-state index in [0.717, 1.165) is 32.3 Å². The van der Waals surface area contributed by atoms with Gasteiger partial charge in [0.25, 0.3) is 0 Å². The summed E-state index contributed by atoms with van der Waals surface area (Å²) < 4.78 is 10.7. The van der Waals surface area contributed by atoms with Gasteiger partial charge in [0.15, 0.2) is 0 Å². The van der Waals surface area contributed by atoms with E-state index < -0.39 is 12.0 Å². The van der Waals surface area contributed by atoms with E-state index in [-0.39, 0.29) is 18.6 Å². The number of rotatable bonds is 5. The molecular weight excluding hydrogens is 250 g/mol. The van der Waals surface area contributed by atoms with Crippen LogP contribution in [-0.2, 0) is 19.1 Å². The first-order valence-corrected chi connectivity index (χ1v) is 6.90. The summed E-state index contributed by atoms with van der Waals surface area (Å²) in [5, 5.41) is 9.10. The van der Waals surface area contributed by atoms with Crippen LogP contribution in [0.15, 0.2) is 0 Å². The Hall–Kier alpha value is -1.14. The van der Waals surface area contributed by atoms with Crippen molar-refractivity contribution in [1.82, 2.24) is 4.90 Å². The van der Waals surface area contributed by atoms with Gasteiger partial charge in [-0.15, -0.1) is 0 Å². The van der Waals surface area contributed by atoms with Crippen molar-refractivity contribution in [3.8, 4) is 0 Å². The predicted molar refractivity (Wildman–Crippen MR) is 66.8 cm³/mol. The van der Waals surface area contributed by atoms with Crippen molar-refractivity contribution in [2.75, 3.05) is 26.4 Å². The van der Waals surface area contributed by atoms with Gasteiger partial charge in [0.1, 0.15) is 12.6 Å². The Morgan fingerprint density at radius 3 is 2.79 bits per heavy atom. The van der Waals surface area contributed by atoms with E-state index in [1.165, 1.54) is 4.90 Å². The highest BCUT2D eigenvalue weighted by molar-refractivity contribution is 5.84. The molecule has 0 radical (unpaired) electrons. The number of likely N-dealkylation sites (tertiary alicyclic amines) is 1. The number of carboxylic acid groups (broad SMARTS) is 1. The van der Waals surface area contributed by atoms with Crippen LogP contribution in [-0.4, -0.2) is 60.4 Å². The Kier molecular flexibility index (Phi) is 5.15. The molecule has 2 aliphatic heterocycles. The molecule has 0 aromatic rings. The van der Waals surface area contributed by atoms with Crippen molar-refractivity contribution in [1.29, 1.82) is 0 Å². The maximum atomic E-state index is 12.0. The van der Waals surface area contributed by atoms with Gasteiger partial charge >= 0.3 is 5.97 Å². The van der Waals surface area contributed by atoms with Gasteiger partial charge in [0.2, 0.25) is 5.91 Å². The lowest BCUT2D eigenvalue weighted by molar-refractivity contribution is -0.154. The highest BCUT2D eigenvalue weighted by atomic mass is 16.5. The molecule has 6 nitrogen and oxygen atoms in total. The largest absolute Gasteiger partial charge is 0.480 e. The topological polar surface area (TPSA) is 76.1 Å². The maximum absolute atomic E-state index is 12.0. The Morgan fingerprint density at radius 2 is 2.11 bits per heavy atom. The van der Waals surface area contributed by atoms with Crippen LogP contribution in [0.1, 0.15) is 32.1 Å². The predicted octanol–water partition coefficient (Wildman–Crippen LogP) is 0.648. The minimum Gasteiger partial charge on any atom is -0.480 e. The zero-order valence-electron chi connectivity index (χ0n) is 11.0. The molecule has 1 N–H and O–H groups in total. The van der Waals surface area contributed by atoms with Gasteiger partial charge in [-0.1, -0.05) is 0 Å². The fourth-order valence-electron chi connectivity index (χ4n) is 2.62. The molecule has 2 fully saturated rings. The summed E-state index contributed by atoms with van der Waals surface area (Å²) in [6.45, 7) is 1.63. The van der Waals surface area contributed by atoms with Crippen LogP contribution in [0.2, 0.25) is 0 Å². The third kappa shape index (κ3) is 3.91. The summed E-state index contributed by atoms with van der Waals surface area (Å²) in [4.78, 5) is 24.5. The third-order valence-corrected chi connectivity index (χ3v) is 3.66. The van der Waals surface area contributed by atoms with Gasteiger partial charge in [-0.3, -0.25) is 4.79 Å².